The van der Waals surface area contributed by atoms with Crippen molar-refractivity contribution in [3.63, 3.8) is 0 Å². The van der Waals surface area contributed by atoms with E-state index in [1.165, 1.54) is 5.01 Å². The number of rotatable bonds is 7. The summed E-state index contributed by atoms with van der Waals surface area (Å²) in [5.74, 6) is 1.68. The molecule has 34 heavy (non-hydrogen) atoms. The average molecular weight is 461 g/mol. The zero-order valence-electron chi connectivity index (χ0n) is 19.0. The smallest absolute Gasteiger partial charge is 0.263 e. The molecule has 1 aromatic heterocycles. The molecule has 2 atom stereocenters. The van der Waals surface area contributed by atoms with Gasteiger partial charge in [-0.15, -0.1) is 0 Å². The van der Waals surface area contributed by atoms with Gasteiger partial charge in [0.25, 0.3) is 11.8 Å². The van der Waals surface area contributed by atoms with Gasteiger partial charge in [-0.2, -0.15) is 5.11 Å². The van der Waals surface area contributed by atoms with E-state index in [2.05, 4.69) is 15.3 Å². The van der Waals surface area contributed by atoms with Gasteiger partial charge in [-0.25, -0.2) is 9.88 Å². The van der Waals surface area contributed by atoms with Crippen molar-refractivity contribution >= 4 is 17.5 Å². The standard InChI is InChI=1S/C24H23N5O5/c1-4-33-18-9-5-15(6-10-18)22-25-19(14(2)34-22)13-28-21-20(26-27-28)23(30)29(24(21)31)16-7-11-17(32-3)12-8-16/h5-12,20-21H,4,13H2,1-3H3. The molecular formula is C24H23N5O5. The number of aromatic nitrogens is 1. The Morgan fingerprint density at radius 1 is 1.00 bits per heavy atom. The molecule has 0 saturated carbocycles. The number of imide groups is 1. The molecule has 2 amide bonds. The number of nitrogens with zero attached hydrogens (tertiary/aromatic N) is 5. The molecule has 0 spiro atoms. The minimum atomic E-state index is -0.882. The highest BCUT2D eigenvalue weighted by Crippen LogP contribution is 2.34. The van der Waals surface area contributed by atoms with Crippen molar-refractivity contribution in [3.8, 4) is 23.0 Å². The number of ether oxygens (including phenoxy) is 2. The molecule has 174 valence electrons. The van der Waals surface area contributed by atoms with E-state index in [1.54, 1.807) is 38.3 Å². The Bertz CT molecular complexity index is 1250. The van der Waals surface area contributed by atoms with Crippen molar-refractivity contribution in [2.45, 2.75) is 32.5 Å². The van der Waals surface area contributed by atoms with E-state index in [4.69, 9.17) is 13.9 Å². The average Bonchev–Trinajstić information content (AvgIpc) is 3.50. The van der Waals surface area contributed by atoms with E-state index >= 15 is 0 Å². The minimum absolute atomic E-state index is 0.187. The fourth-order valence-corrected chi connectivity index (χ4v) is 4.05. The summed E-state index contributed by atoms with van der Waals surface area (Å²) in [4.78, 5) is 31.9. The van der Waals surface area contributed by atoms with Gasteiger partial charge in [-0.3, -0.25) is 14.6 Å². The van der Waals surface area contributed by atoms with Crippen LogP contribution >= 0.6 is 0 Å². The second kappa shape index (κ2) is 8.62. The SMILES string of the molecule is CCOc1ccc(-c2nc(CN3N=NC4C(=O)N(c5ccc(OC)cc5)C(=O)C43)c(C)o2)cc1. The lowest BCUT2D eigenvalue weighted by Gasteiger charge is -2.20. The Hall–Kier alpha value is -4.21. The molecule has 2 unspecified atom stereocenters. The third kappa shape index (κ3) is 3.66. The van der Waals surface area contributed by atoms with Gasteiger partial charge >= 0.3 is 0 Å². The summed E-state index contributed by atoms with van der Waals surface area (Å²) in [5.41, 5.74) is 1.89. The maximum absolute atomic E-state index is 13.2. The first-order chi connectivity index (χ1) is 16.5. The van der Waals surface area contributed by atoms with Gasteiger partial charge in [0.15, 0.2) is 12.1 Å². The minimum Gasteiger partial charge on any atom is -0.497 e. The fourth-order valence-electron chi connectivity index (χ4n) is 4.05. The van der Waals surface area contributed by atoms with Crippen LogP contribution in [0, 0.1) is 6.92 Å². The number of hydrogen-bond donors (Lipinski definition) is 0. The van der Waals surface area contributed by atoms with Gasteiger partial charge in [0.05, 0.1) is 25.9 Å². The predicted octanol–water partition coefficient (Wildman–Crippen LogP) is 3.55. The number of hydrogen-bond acceptors (Lipinski definition) is 9. The third-order valence-corrected chi connectivity index (χ3v) is 5.81. The lowest BCUT2D eigenvalue weighted by molar-refractivity contribution is -0.123. The zero-order valence-corrected chi connectivity index (χ0v) is 19.0. The molecule has 2 aromatic carbocycles. The van der Waals surface area contributed by atoms with Crippen molar-refractivity contribution in [1.82, 2.24) is 9.99 Å². The Morgan fingerprint density at radius 3 is 2.38 bits per heavy atom. The van der Waals surface area contributed by atoms with E-state index in [9.17, 15) is 9.59 Å². The van der Waals surface area contributed by atoms with Crippen LogP contribution in [0.3, 0.4) is 0 Å². The number of amides is 2. The lowest BCUT2D eigenvalue weighted by Crippen LogP contribution is -2.39. The molecule has 0 N–H and O–H groups in total. The summed E-state index contributed by atoms with van der Waals surface area (Å²) in [6.07, 6.45) is 0. The first kappa shape index (κ1) is 21.6. The Labute approximate surface area is 195 Å². The van der Waals surface area contributed by atoms with Crippen molar-refractivity contribution in [2.24, 2.45) is 10.3 Å². The van der Waals surface area contributed by atoms with Crippen LogP contribution in [0.5, 0.6) is 11.5 Å². The Balaban J connectivity index is 1.34. The van der Waals surface area contributed by atoms with Crippen LogP contribution in [0.25, 0.3) is 11.5 Å². The van der Waals surface area contributed by atoms with Gasteiger partial charge in [0.2, 0.25) is 5.89 Å². The van der Waals surface area contributed by atoms with Gasteiger partial charge in [-0.05, 0) is 62.4 Å². The highest BCUT2D eigenvalue weighted by atomic mass is 16.5. The van der Waals surface area contributed by atoms with Crippen LogP contribution in [-0.4, -0.2) is 47.6 Å². The normalized spacial score (nSPS) is 19.1. The molecule has 3 heterocycles. The third-order valence-electron chi connectivity index (χ3n) is 5.81. The molecule has 0 aliphatic carbocycles. The van der Waals surface area contributed by atoms with Crippen LogP contribution in [0.2, 0.25) is 0 Å². The van der Waals surface area contributed by atoms with Crippen molar-refractivity contribution in [1.29, 1.82) is 0 Å². The number of oxazole rings is 1. The quantitative estimate of drug-likeness (QED) is 0.495. The fraction of sp³-hybridized carbons (Fsp3) is 0.292. The van der Waals surface area contributed by atoms with Crippen LogP contribution in [0.15, 0.2) is 63.3 Å². The van der Waals surface area contributed by atoms with Crippen LogP contribution in [-0.2, 0) is 16.1 Å². The van der Waals surface area contributed by atoms with Gasteiger partial charge < -0.3 is 13.9 Å². The molecule has 3 aromatic rings. The number of fused-ring (bicyclic) bond motifs is 1. The van der Waals surface area contributed by atoms with E-state index in [1.807, 2.05) is 31.2 Å². The number of methoxy groups -OCH3 is 1. The molecule has 10 heteroatoms. The molecule has 1 saturated heterocycles. The number of anilines is 1. The Kier molecular flexibility index (Phi) is 5.48. The largest absolute Gasteiger partial charge is 0.497 e. The topological polar surface area (TPSA) is 110 Å². The van der Waals surface area contributed by atoms with Crippen LogP contribution < -0.4 is 14.4 Å². The van der Waals surface area contributed by atoms with Crippen molar-refractivity contribution < 1.29 is 23.5 Å². The first-order valence-electron chi connectivity index (χ1n) is 10.9. The second-order valence-electron chi connectivity index (χ2n) is 7.88. The monoisotopic (exact) mass is 461 g/mol. The van der Waals surface area contributed by atoms with Crippen LogP contribution in [0.4, 0.5) is 5.69 Å². The van der Waals surface area contributed by atoms with Gasteiger partial charge in [-0.1, -0.05) is 5.22 Å². The summed E-state index contributed by atoms with van der Waals surface area (Å²) < 4.78 is 16.5. The van der Waals surface area contributed by atoms with Crippen molar-refractivity contribution in [2.75, 3.05) is 18.6 Å². The number of aryl methyl sites for hydroxylation is 1. The summed E-state index contributed by atoms with van der Waals surface area (Å²) in [7, 11) is 1.55. The highest BCUT2D eigenvalue weighted by Gasteiger charge is 2.54. The maximum atomic E-state index is 13.2. The molecule has 5 rings (SSSR count). The van der Waals surface area contributed by atoms with E-state index in [-0.39, 0.29) is 12.5 Å². The number of carbonyl (C=O) groups is 2. The lowest BCUT2D eigenvalue weighted by atomic mass is 10.1. The van der Waals surface area contributed by atoms with E-state index in [0.717, 1.165) is 16.2 Å². The number of benzene rings is 2. The van der Waals surface area contributed by atoms with E-state index in [0.29, 0.717) is 35.4 Å². The molecule has 0 radical (unpaired) electrons. The van der Waals surface area contributed by atoms with Gasteiger partial charge in [0.1, 0.15) is 23.0 Å². The Morgan fingerprint density at radius 2 is 1.71 bits per heavy atom. The molecular weight excluding hydrogens is 438 g/mol. The molecule has 1 fully saturated rings. The molecule has 10 nitrogen and oxygen atoms in total. The molecule has 0 bridgehead atoms. The summed E-state index contributed by atoms with van der Waals surface area (Å²) in [5, 5.41) is 9.68. The highest BCUT2D eigenvalue weighted by molar-refractivity contribution is 6.25. The molecule has 2 aliphatic heterocycles. The maximum Gasteiger partial charge on any atom is 0.263 e. The first-order valence-corrected chi connectivity index (χ1v) is 10.9. The summed E-state index contributed by atoms with van der Waals surface area (Å²) in [6, 6.07) is 12.5. The predicted molar refractivity (Wildman–Crippen MR) is 121 cm³/mol. The summed E-state index contributed by atoms with van der Waals surface area (Å²) >= 11 is 0. The van der Waals surface area contributed by atoms with Gasteiger partial charge in [0, 0.05) is 5.56 Å². The molecule has 2 aliphatic rings. The second-order valence-corrected chi connectivity index (χ2v) is 7.88. The van der Waals surface area contributed by atoms with E-state index < -0.39 is 18.0 Å². The number of carbonyl (C=O) groups excluding carboxylic acids is 2. The zero-order chi connectivity index (χ0) is 23.8. The van der Waals surface area contributed by atoms with Crippen molar-refractivity contribution in [3.05, 3.63) is 60.0 Å². The van der Waals surface area contributed by atoms with Crippen LogP contribution in [0.1, 0.15) is 18.4 Å². The summed E-state index contributed by atoms with van der Waals surface area (Å²) in [6.45, 7) is 4.50.